The summed E-state index contributed by atoms with van der Waals surface area (Å²) in [4.78, 5) is 27.3. The number of aromatic amines is 1. The second-order valence-corrected chi connectivity index (χ2v) is 6.59. The molecule has 0 bridgehead atoms. The van der Waals surface area contributed by atoms with Crippen LogP contribution in [0.25, 0.3) is 0 Å². The SMILES string of the molecule is O=c1[nH]c(=O)n([C@@H]2CC(O)[C@H](CO)O2)cc1CSc1ccccc1. The van der Waals surface area contributed by atoms with Crippen LogP contribution in [0.2, 0.25) is 0 Å². The van der Waals surface area contributed by atoms with Crippen molar-refractivity contribution in [1.29, 1.82) is 0 Å². The summed E-state index contributed by atoms with van der Waals surface area (Å²) in [6.07, 6.45) is -0.629. The predicted octanol–water partition coefficient (Wildman–Crippen LogP) is 0.470. The van der Waals surface area contributed by atoms with Crippen LogP contribution in [0.3, 0.4) is 0 Å². The second-order valence-electron chi connectivity index (χ2n) is 5.54. The Labute approximate surface area is 141 Å². The Kier molecular flexibility index (Phi) is 5.20. The fourth-order valence-corrected chi connectivity index (χ4v) is 3.45. The molecule has 0 radical (unpaired) electrons. The third-order valence-corrected chi connectivity index (χ3v) is 4.93. The summed E-state index contributed by atoms with van der Waals surface area (Å²) in [5.41, 5.74) is -0.588. The fraction of sp³-hybridized carbons (Fsp3) is 0.375. The maximum atomic E-state index is 12.0. The molecular formula is C16H18N2O5S. The fourth-order valence-electron chi connectivity index (χ4n) is 2.57. The highest BCUT2D eigenvalue weighted by Crippen LogP contribution is 2.27. The number of benzene rings is 1. The molecule has 1 saturated heterocycles. The van der Waals surface area contributed by atoms with E-state index in [0.717, 1.165) is 4.90 Å². The summed E-state index contributed by atoms with van der Waals surface area (Å²) in [5.74, 6) is 0.401. The summed E-state index contributed by atoms with van der Waals surface area (Å²) in [7, 11) is 0. The predicted molar refractivity (Wildman–Crippen MR) is 88.9 cm³/mol. The molecule has 0 saturated carbocycles. The third kappa shape index (κ3) is 3.62. The number of hydrogen-bond donors (Lipinski definition) is 3. The van der Waals surface area contributed by atoms with Crippen LogP contribution in [0.5, 0.6) is 0 Å². The summed E-state index contributed by atoms with van der Waals surface area (Å²) in [5, 5.41) is 19.0. The monoisotopic (exact) mass is 350 g/mol. The summed E-state index contributed by atoms with van der Waals surface area (Å²) in [6.45, 7) is -0.327. The minimum absolute atomic E-state index is 0.183. The van der Waals surface area contributed by atoms with Crippen molar-refractivity contribution in [1.82, 2.24) is 9.55 Å². The summed E-state index contributed by atoms with van der Waals surface area (Å²) >= 11 is 1.48. The van der Waals surface area contributed by atoms with E-state index in [1.807, 2.05) is 30.3 Å². The van der Waals surface area contributed by atoms with Gasteiger partial charge in [0.05, 0.1) is 12.7 Å². The third-order valence-electron chi connectivity index (χ3n) is 3.87. The molecule has 1 fully saturated rings. The molecule has 3 rings (SSSR count). The zero-order valence-electron chi connectivity index (χ0n) is 12.8. The number of ether oxygens (including phenoxy) is 1. The molecule has 0 spiro atoms. The molecule has 3 N–H and O–H groups in total. The Morgan fingerprint density at radius 2 is 2.04 bits per heavy atom. The van der Waals surface area contributed by atoms with E-state index in [0.29, 0.717) is 11.3 Å². The largest absolute Gasteiger partial charge is 0.394 e. The quantitative estimate of drug-likeness (QED) is 0.677. The lowest BCUT2D eigenvalue weighted by Crippen LogP contribution is -2.34. The lowest BCUT2D eigenvalue weighted by Gasteiger charge is -2.15. The van der Waals surface area contributed by atoms with E-state index in [4.69, 9.17) is 9.84 Å². The Morgan fingerprint density at radius 3 is 2.71 bits per heavy atom. The molecule has 1 aromatic heterocycles. The molecular weight excluding hydrogens is 332 g/mol. The van der Waals surface area contributed by atoms with Crippen LogP contribution in [0, 0.1) is 0 Å². The lowest BCUT2D eigenvalue weighted by atomic mass is 10.2. The highest BCUT2D eigenvalue weighted by molar-refractivity contribution is 7.98. The molecule has 1 aliphatic rings. The van der Waals surface area contributed by atoms with E-state index in [-0.39, 0.29) is 13.0 Å². The Balaban J connectivity index is 1.81. The van der Waals surface area contributed by atoms with Gasteiger partial charge in [-0.15, -0.1) is 11.8 Å². The van der Waals surface area contributed by atoms with Crippen LogP contribution in [-0.2, 0) is 10.5 Å². The molecule has 2 heterocycles. The van der Waals surface area contributed by atoms with E-state index < -0.39 is 29.7 Å². The average molecular weight is 350 g/mol. The zero-order valence-corrected chi connectivity index (χ0v) is 13.6. The summed E-state index contributed by atoms with van der Waals surface area (Å²) in [6, 6.07) is 9.62. The van der Waals surface area contributed by atoms with Crippen molar-refractivity contribution in [3.63, 3.8) is 0 Å². The van der Waals surface area contributed by atoms with Gasteiger partial charge in [0.15, 0.2) is 0 Å². The number of rotatable bonds is 5. The van der Waals surface area contributed by atoms with Crippen molar-refractivity contribution in [3.8, 4) is 0 Å². The second kappa shape index (κ2) is 7.35. The molecule has 1 unspecified atom stereocenters. The van der Waals surface area contributed by atoms with Crippen molar-refractivity contribution in [2.75, 3.05) is 6.61 Å². The van der Waals surface area contributed by atoms with Crippen molar-refractivity contribution >= 4 is 11.8 Å². The van der Waals surface area contributed by atoms with E-state index in [1.54, 1.807) is 0 Å². The maximum absolute atomic E-state index is 12.0. The van der Waals surface area contributed by atoms with Gasteiger partial charge in [-0.25, -0.2) is 4.79 Å². The number of hydrogen-bond acceptors (Lipinski definition) is 6. The van der Waals surface area contributed by atoms with Gasteiger partial charge in [0.25, 0.3) is 5.56 Å². The van der Waals surface area contributed by atoms with Gasteiger partial charge in [-0.1, -0.05) is 18.2 Å². The number of aromatic nitrogens is 2. The molecule has 128 valence electrons. The standard InChI is InChI=1S/C16H18N2O5S/c19-8-13-12(20)6-14(23-13)18-7-10(15(21)17-16(18)22)9-24-11-4-2-1-3-5-11/h1-5,7,12-14,19-20H,6,8-9H2,(H,17,21,22)/t12?,13-,14-/m0/s1. The minimum atomic E-state index is -0.846. The van der Waals surface area contributed by atoms with Gasteiger partial charge >= 0.3 is 5.69 Å². The number of aliphatic hydroxyl groups is 2. The smallest absolute Gasteiger partial charge is 0.330 e. The molecule has 1 aromatic carbocycles. The molecule has 7 nitrogen and oxygen atoms in total. The van der Waals surface area contributed by atoms with Crippen molar-refractivity contribution < 1.29 is 14.9 Å². The summed E-state index contributed by atoms with van der Waals surface area (Å²) < 4.78 is 6.75. The van der Waals surface area contributed by atoms with Gasteiger partial charge in [-0.3, -0.25) is 14.3 Å². The molecule has 2 aromatic rings. The van der Waals surface area contributed by atoms with E-state index in [2.05, 4.69) is 4.98 Å². The Hall–Kier alpha value is -1.87. The van der Waals surface area contributed by atoms with Gasteiger partial charge in [0.2, 0.25) is 0 Å². The highest BCUT2D eigenvalue weighted by Gasteiger charge is 2.35. The van der Waals surface area contributed by atoms with E-state index in [1.165, 1.54) is 22.5 Å². The van der Waals surface area contributed by atoms with E-state index in [9.17, 15) is 14.7 Å². The van der Waals surface area contributed by atoms with Crippen LogP contribution in [0.1, 0.15) is 18.2 Å². The van der Waals surface area contributed by atoms with Gasteiger partial charge in [-0.05, 0) is 12.1 Å². The van der Waals surface area contributed by atoms with Gasteiger partial charge in [-0.2, -0.15) is 0 Å². The zero-order chi connectivity index (χ0) is 17.1. The first kappa shape index (κ1) is 17.0. The Morgan fingerprint density at radius 1 is 1.29 bits per heavy atom. The molecule has 0 amide bonds. The van der Waals surface area contributed by atoms with Crippen LogP contribution >= 0.6 is 11.8 Å². The van der Waals surface area contributed by atoms with Crippen LogP contribution in [0.4, 0.5) is 0 Å². The van der Waals surface area contributed by atoms with Crippen molar-refractivity contribution in [2.45, 2.75) is 35.5 Å². The molecule has 1 aliphatic heterocycles. The minimum Gasteiger partial charge on any atom is -0.394 e. The molecule has 24 heavy (non-hydrogen) atoms. The number of aliphatic hydroxyl groups excluding tert-OH is 2. The number of nitrogens with zero attached hydrogens (tertiary/aromatic N) is 1. The van der Waals surface area contributed by atoms with Crippen molar-refractivity contribution in [3.05, 3.63) is 62.9 Å². The topological polar surface area (TPSA) is 105 Å². The normalized spacial score (nSPS) is 23.5. The number of thioether (sulfide) groups is 1. The first-order valence-corrected chi connectivity index (χ1v) is 8.53. The van der Waals surface area contributed by atoms with Gasteiger partial charge in [0, 0.05) is 28.8 Å². The highest BCUT2D eigenvalue weighted by atomic mass is 32.2. The van der Waals surface area contributed by atoms with E-state index >= 15 is 0 Å². The maximum Gasteiger partial charge on any atom is 0.330 e. The molecule has 8 heteroatoms. The van der Waals surface area contributed by atoms with Crippen molar-refractivity contribution in [2.24, 2.45) is 0 Å². The number of H-pyrrole nitrogens is 1. The van der Waals surface area contributed by atoms with Gasteiger partial charge in [0.1, 0.15) is 12.3 Å². The number of nitrogens with one attached hydrogen (secondary N) is 1. The average Bonchev–Trinajstić information content (AvgIpc) is 2.95. The molecule has 3 atom stereocenters. The first-order chi connectivity index (χ1) is 11.6. The van der Waals surface area contributed by atoms with Crippen LogP contribution in [-0.4, -0.2) is 38.6 Å². The van der Waals surface area contributed by atoms with Crippen LogP contribution < -0.4 is 11.2 Å². The van der Waals surface area contributed by atoms with Crippen LogP contribution in [0.15, 0.2) is 51.0 Å². The lowest BCUT2D eigenvalue weighted by molar-refractivity contribution is -0.0459. The van der Waals surface area contributed by atoms with Gasteiger partial charge < -0.3 is 14.9 Å². The first-order valence-electron chi connectivity index (χ1n) is 7.55. The molecule has 0 aliphatic carbocycles. The Bertz CT molecular complexity index is 804.